The Bertz CT molecular complexity index is 1450. The lowest BCUT2D eigenvalue weighted by Gasteiger charge is -2.11. The number of rotatable bonds is 4. The molecule has 7 nitrogen and oxygen atoms in total. The summed E-state index contributed by atoms with van der Waals surface area (Å²) < 4.78 is 65.2. The normalized spacial score (nSPS) is 12.0. The summed E-state index contributed by atoms with van der Waals surface area (Å²) in [6.07, 6.45) is 2.06. The first-order valence-electron chi connectivity index (χ1n) is 8.74. The molecule has 0 amide bonds. The van der Waals surface area contributed by atoms with Gasteiger partial charge in [-0.1, -0.05) is 18.1 Å². The van der Waals surface area contributed by atoms with Crippen LogP contribution in [0.1, 0.15) is 11.3 Å². The summed E-state index contributed by atoms with van der Waals surface area (Å²) in [6.45, 7) is 0. The number of alkyl halides is 3. The fraction of sp³-hybridized carbons (Fsp3) is 0.0500. The van der Waals surface area contributed by atoms with Crippen LogP contribution in [0.5, 0.6) is 0 Å². The van der Waals surface area contributed by atoms with Crippen molar-refractivity contribution in [2.24, 2.45) is 5.14 Å². The molecule has 3 aromatic heterocycles. The molecular weight excluding hydrogens is 463 g/mol. The minimum absolute atomic E-state index is 0.0674. The number of pyridine rings is 1. The number of hydrogen-bond donors (Lipinski definition) is 1. The maximum Gasteiger partial charge on any atom is 0.435 e. The third kappa shape index (κ3) is 4.01. The Balaban J connectivity index is 1.97. The van der Waals surface area contributed by atoms with E-state index in [0.29, 0.717) is 16.8 Å². The second-order valence-electron chi connectivity index (χ2n) is 6.47. The minimum Gasteiger partial charge on any atom is -0.245 e. The average molecular weight is 475 g/mol. The van der Waals surface area contributed by atoms with Crippen LogP contribution in [0.4, 0.5) is 13.2 Å². The fourth-order valence-corrected chi connectivity index (χ4v) is 4.26. The van der Waals surface area contributed by atoms with E-state index in [2.05, 4.69) is 21.0 Å². The number of hydrogen-bond acceptors (Lipinski definition) is 6. The Hall–Kier alpha value is -3.53. The van der Waals surface area contributed by atoms with Crippen LogP contribution < -0.4 is 5.14 Å². The van der Waals surface area contributed by atoms with Crippen molar-refractivity contribution in [1.82, 2.24) is 19.7 Å². The topological polar surface area (TPSA) is 104 Å². The van der Waals surface area contributed by atoms with Crippen LogP contribution in [0.3, 0.4) is 0 Å². The van der Waals surface area contributed by atoms with Gasteiger partial charge in [-0.2, -0.15) is 18.3 Å². The van der Waals surface area contributed by atoms with Gasteiger partial charge in [0.2, 0.25) is 10.0 Å². The van der Waals surface area contributed by atoms with E-state index in [-0.39, 0.29) is 17.1 Å². The van der Waals surface area contributed by atoms with Gasteiger partial charge < -0.3 is 0 Å². The number of nitrogens with two attached hydrogens (primary N) is 1. The van der Waals surface area contributed by atoms with Gasteiger partial charge in [-0.25, -0.2) is 28.2 Å². The molecule has 0 unspecified atom stereocenters. The molecule has 12 heteroatoms. The molecule has 4 rings (SSSR count). The smallest absolute Gasteiger partial charge is 0.245 e. The van der Waals surface area contributed by atoms with Crippen molar-refractivity contribution >= 4 is 21.4 Å². The monoisotopic (exact) mass is 475 g/mol. The maximum absolute atomic E-state index is 13.5. The Morgan fingerprint density at radius 3 is 2.56 bits per heavy atom. The van der Waals surface area contributed by atoms with E-state index in [1.54, 1.807) is 23.0 Å². The van der Waals surface area contributed by atoms with Gasteiger partial charge in [0.25, 0.3) is 0 Å². The van der Waals surface area contributed by atoms with Crippen LogP contribution >= 0.6 is 11.3 Å². The number of halogens is 3. The molecule has 0 spiro atoms. The highest BCUT2D eigenvalue weighted by Gasteiger charge is 2.36. The molecular formula is C20H12F3N5O2S2. The molecule has 0 atom stereocenters. The standard InChI is InChI=1S/C20H12F3N5O2S2/c1-2-12-8-13(5-6-14(12)15-10-31-11-26-15)16-9-18(20(21,22)23)27-28(16)19-17(32(24,29)30)4-3-7-25-19/h1,3-11H,(H2,24,29,30). The summed E-state index contributed by atoms with van der Waals surface area (Å²) in [6, 6.07) is 7.90. The second-order valence-corrected chi connectivity index (χ2v) is 8.72. The van der Waals surface area contributed by atoms with Gasteiger partial charge in [0.05, 0.1) is 16.9 Å². The summed E-state index contributed by atoms with van der Waals surface area (Å²) in [5, 5.41) is 10.6. The molecule has 4 aromatic rings. The fourth-order valence-electron chi connectivity index (χ4n) is 3.04. The molecule has 0 radical (unpaired) electrons. The molecule has 0 saturated heterocycles. The number of aromatic nitrogens is 4. The van der Waals surface area contributed by atoms with Gasteiger partial charge in [-0.3, -0.25) is 0 Å². The van der Waals surface area contributed by atoms with Crippen molar-refractivity contribution in [3.05, 3.63) is 64.7 Å². The number of nitrogens with zero attached hydrogens (tertiary/aromatic N) is 4. The molecule has 3 heterocycles. The maximum atomic E-state index is 13.5. The summed E-state index contributed by atoms with van der Waals surface area (Å²) in [5.74, 6) is 2.14. The highest BCUT2D eigenvalue weighted by atomic mass is 32.2. The quantitative estimate of drug-likeness (QED) is 0.453. The van der Waals surface area contributed by atoms with E-state index in [0.717, 1.165) is 16.8 Å². The van der Waals surface area contributed by atoms with Crippen LogP contribution in [0.25, 0.3) is 28.3 Å². The average Bonchev–Trinajstić information content (AvgIpc) is 3.42. The lowest BCUT2D eigenvalue weighted by molar-refractivity contribution is -0.141. The van der Waals surface area contributed by atoms with Gasteiger partial charge in [0, 0.05) is 28.3 Å². The van der Waals surface area contributed by atoms with Crippen LogP contribution in [-0.4, -0.2) is 28.2 Å². The van der Waals surface area contributed by atoms with Crippen molar-refractivity contribution in [2.45, 2.75) is 11.1 Å². The molecule has 0 fully saturated rings. The molecule has 162 valence electrons. The zero-order valence-electron chi connectivity index (χ0n) is 15.9. The lowest BCUT2D eigenvalue weighted by atomic mass is 10.0. The first-order chi connectivity index (χ1) is 15.1. The van der Waals surface area contributed by atoms with Gasteiger partial charge >= 0.3 is 6.18 Å². The summed E-state index contributed by atoms with van der Waals surface area (Å²) in [4.78, 5) is 7.65. The van der Waals surface area contributed by atoms with Crippen molar-refractivity contribution in [3.8, 4) is 40.7 Å². The Labute approximate surface area is 184 Å². The van der Waals surface area contributed by atoms with Crippen molar-refractivity contribution < 1.29 is 21.6 Å². The predicted molar refractivity (Wildman–Crippen MR) is 112 cm³/mol. The van der Waals surface area contributed by atoms with Crippen molar-refractivity contribution in [3.63, 3.8) is 0 Å². The van der Waals surface area contributed by atoms with Gasteiger partial charge in [0.15, 0.2) is 11.5 Å². The SMILES string of the molecule is C#Cc1cc(-c2cc(C(F)(F)F)nn2-c2ncccc2S(N)(=O)=O)ccc1-c1cscn1. The molecule has 0 bridgehead atoms. The van der Waals surface area contributed by atoms with E-state index >= 15 is 0 Å². The highest BCUT2D eigenvalue weighted by Crippen LogP contribution is 2.35. The highest BCUT2D eigenvalue weighted by molar-refractivity contribution is 7.89. The first-order valence-corrected chi connectivity index (χ1v) is 11.2. The third-order valence-electron chi connectivity index (χ3n) is 4.44. The third-order valence-corrected chi connectivity index (χ3v) is 5.96. The van der Waals surface area contributed by atoms with E-state index < -0.39 is 26.8 Å². The van der Waals surface area contributed by atoms with E-state index in [1.165, 1.54) is 29.7 Å². The van der Waals surface area contributed by atoms with Crippen LogP contribution in [0, 0.1) is 12.3 Å². The summed E-state index contributed by atoms with van der Waals surface area (Å²) in [7, 11) is -4.30. The summed E-state index contributed by atoms with van der Waals surface area (Å²) >= 11 is 1.37. The largest absolute Gasteiger partial charge is 0.435 e. The Morgan fingerprint density at radius 1 is 1.16 bits per heavy atom. The minimum atomic E-state index is -4.79. The van der Waals surface area contributed by atoms with Crippen LogP contribution in [-0.2, 0) is 16.2 Å². The number of primary sulfonamides is 1. The second kappa shape index (κ2) is 7.86. The Kier molecular flexibility index (Phi) is 5.33. The van der Waals surface area contributed by atoms with Crippen LogP contribution in [0.2, 0.25) is 0 Å². The predicted octanol–water partition coefficient (Wildman–Crippen LogP) is 3.71. The van der Waals surface area contributed by atoms with E-state index in [9.17, 15) is 21.6 Å². The van der Waals surface area contributed by atoms with Gasteiger partial charge in [-0.15, -0.1) is 17.8 Å². The Morgan fingerprint density at radius 2 is 1.94 bits per heavy atom. The molecule has 1 aromatic carbocycles. The number of benzene rings is 1. The first kappa shape index (κ1) is 21.7. The zero-order chi connectivity index (χ0) is 23.1. The van der Waals surface area contributed by atoms with Crippen molar-refractivity contribution in [1.29, 1.82) is 0 Å². The molecule has 32 heavy (non-hydrogen) atoms. The van der Waals surface area contributed by atoms with E-state index in [4.69, 9.17) is 11.6 Å². The summed E-state index contributed by atoms with van der Waals surface area (Å²) in [5.41, 5.74) is 2.24. The van der Waals surface area contributed by atoms with Gasteiger partial charge in [0.1, 0.15) is 4.90 Å². The molecule has 2 N–H and O–H groups in total. The van der Waals surface area contributed by atoms with Crippen molar-refractivity contribution in [2.75, 3.05) is 0 Å². The molecule has 0 aliphatic carbocycles. The molecule has 0 aliphatic heterocycles. The number of sulfonamides is 1. The van der Waals surface area contributed by atoms with E-state index in [1.807, 2.05) is 0 Å². The molecule has 0 aliphatic rings. The van der Waals surface area contributed by atoms with Gasteiger partial charge in [-0.05, 0) is 24.3 Å². The number of terminal acetylenes is 1. The zero-order valence-corrected chi connectivity index (χ0v) is 17.5. The lowest BCUT2D eigenvalue weighted by Crippen LogP contribution is -2.17. The number of thiazole rings is 1. The van der Waals surface area contributed by atoms with Crippen LogP contribution in [0.15, 0.2) is 58.4 Å². The molecule has 0 saturated carbocycles.